The Bertz CT molecular complexity index is 539. The van der Waals surface area contributed by atoms with Gasteiger partial charge in [0.15, 0.2) is 0 Å². The van der Waals surface area contributed by atoms with Crippen molar-refractivity contribution in [3.63, 3.8) is 0 Å². The average molecular weight is 401 g/mol. The van der Waals surface area contributed by atoms with Gasteiger partial charge in [-0.2, -0.15) is 0 Å². The van der Waals surface area contributed by atoms with Crippen LogP contribution >= 0.6 is 31.9 Å². The molecule has 0 saturated heterocycles. The van der Waals surface area contributed by atoms with Crippen molar-refractivity contribution >= 4 is 31.9 Å². The summed E-state index contributed by atoms with van der Waals surface area (Å²) in [6.07, 6.45) is 3.76. The molecule has 2 unspecified atom stereocenters. The summed E-state index contributed by atoms with van der Waals surface area (Å²) in [4.78, 5) is 0. The van der Waals surface area contributed by atoms with Crippen molar-refractivity contribution in [3.05, 3.63) is 56.9 Å². The van der Waals surface area contributed by atoms with Gasteiger partial charge >= 0.3 is 0 Å². The van der Waals surface area contributed by atoms with Gasteiger partial charge in [-0.3, -0.25) is 0 Å². The number of hydrogen-bond acceptors (Lipinski definition) is 2. The van der Waals surface area contributed by atoms with Crippen LogP contribution in [0.2, 0.25) is 0 Å². The molecule has 0 aliphatic carbocycles. The molecule has 0 aliphatic heterocycles. The molecule has 0 spiro atoms. The van der Waals surface area contributed by atoms with Crippen LogP contribution in [0.1, 0.15) is 37.6 Å². The van der Waals surface area contributed by atoms with Crippen molar-refractivity contribution in [3.8, 4) is 0 Å². The number of halogens is 2. The standard InChI is InChI=1S/C16H19Br2NO/c1-11(5-7-14-4-3-9-20-14)19-12(2)15-8-6-13(17)10-16(15)18/h3-4,6,8-12,19H,5,7H2,1-2H3. The van der Waals surface area contributed by atoms with Crippen LogP contribution in [-0.2, 0) is 6.42 Å². The summed E-state index contributed by atoms with van der Waals surface area (Å²) in [6, 6.07) is 11.0. The third-order valence-electron chi connectivity index (χ3n) is 3.37. The summed E-state index contributed by atoms with van der Waals surface area (Å²) in [6.45, 7) is 4.41. The number of benzene rings is 1. The minimum absolute atomic E-state index is 0.309. The normalized spacial score (nSPS) is 14.2. The molecule has 2 nitrogen and oxygen atoms in total. The predicted molar refractivity (Wildman–Crippen MR) is 89.9 cm³/mol. The quantitative estimate of drug-likeness (QED) is 0.694. The van der Waals surface area contributed by atoms with Crippen molar-refractivity contribution in [2.24, 2.45) is 0 Å². The van der Waals surface area contributed by atoms with Crippen LogP contribution in [0, 0.1) is 0 Å². The molecule has 108 valence electrons. The van der Waals surface area contributed by atoms with E-state index in [0.717, 1.165) is 27.5 Å². The van der Waals surface area contributed by atoms with Gasteiger partial charge in [-0.05, 0) is 50.1 Å². The molecule has 0 aliphatic rings. The van der Waals surface area contributed by atoms with Gasteiger partial charge in [-0.25, -0.2) is 0 Å². The van der Waals surface area contributed by atoms with Crippen LogP contribution in [0.25, 0.3) is 0 Å². The zero-order valence-electron chi connectivity index (χ0n) is 11.7. The molecule has 4 heteroatoms. The Morgan fingerprint density at radius 3 is 2.65 bits per heavy atom. The van der Waals surface area contributed by atoms with Gasteiger partial charge in [0.1, 0.15) is 5.76 Å². The lowest BCUT2D eigenvalue weighted by Crippen LogP contribution is -2.29. The first-order chi connectivity index (χ1) is 9.56. The van der Waals surface area contributed by atoms with E-state index < -0.39 is 0 Å². The molecule has 0 saturated carbocycles. The highest BCUT2D eigenvalue weighted by Gasteiger charge is 2.12. The van der Waals surface area contributed by atoms with Crippen molar-refractivity contribution in [1.82, 2.24) is 5.32 Å². The molecule has 2 aromatic rings. The molecule has 2 rings (SSSR count). The lowest BCUT2D eigenvalue weighted by molar-refractivity contribution is 0.430. The fourth-order valence-electron chi connectivity index (χ4n) is 2.27. The summed E-state index contributed by atoms with van der Waals surface area (Å²) < 4.78 is 7.58. The summed E-state index contributed by atoms with van der Waals surface area (Å²) in [5.74, 6) is 1.05. The number of furan rings is 1. The molecule has 0 fully saturated rings. The van der Waals surface area contributed by atoms with E-state index in [4.69, 9.17) is 4.42 Å². The molecule has 0 radical (unpaired) electrons. The highest BCUT2D eigenvalue weighted by molar-refractivity contribution is 9.11. The Morgan fingerprint density at radius 1 is 1.20 bits per heavy atom. The molecule has 1 N–H and O–H groups in total. The zero-order valence-corrected chi connectivity index (χ0v) is 14.9. The lowest BCUT2D eigenvalue weighted by atomic mass is 10.1. The second-order valence-electron chi connectivity index (χ2n) is 5.07. The average Bonchev–Trinajstić information content (AvgIpc) is 2.89. The third kappa shape index (κ3) is 4.47. The number of rotatable bonds is 6. The van der Waals surface area contributed by atoms with Crippen molar-refractivity contribution in [2.45, 2.75) is 38.8 Å². The van der Waals surface area contributed by atoms with Gasteiger partial charge in [0, 0.05) is 27.4 Å². The number of aryl methyl sites for hydroxylation is 1. The molecule has 1 heterocycles. The van der Waals surface area contributed by atoms with Crippen LogP contribution in [0.4, 0.5) is 0 Å². The minimum atomic E-state index is 0.309. The topological polar surface area (TPSA) is 25.2 Å². The van der Waals surface area contributed by atoms with Gasteiger partial charge in [0.05, 0.1) is 6.26 Å². The van der Waals surface area contributed by atoms with Gasteiger partial charge in [0.25, 0.3) is 0 Å². The van der Waals surface area contributed by atoms with E-state index in [1.165, 1.54) is 5.56 Å². The Labute approximate surface area is 137 Å². The lowest BCUT2D eigenvalue weighted by Gasteiger charge is -2.21. The van der Waals surface area contributed by atoms with E-state index in [1.807, 2.05) is 12.1 Å². The maximum atomic E-state index is 5.37. The van der Waals surface area contributed by atoms with Gasteiger partial charge in [0.2, 0.25) is 0 Å². The van der Waals surface area contributed by atoms with Crippen molar-refractivity contribution in [1.29, 1.82) is 0 Å². The molecule has 2 atom stereocenters. The Balaban J connectivity index is 1.88. The second kappa shape index (κ2) is 7.43. The van der Waals surface area contributed by atoms with Crippen LogP contribution < -0.4 is 5.32 Å². The van der Waals surface area contributed by atoms with Gasteiger partial charge < -0.3 is 9.73 Å². The first kappa shape index (κ1) is 15.8. The summed E-state index contributed by atoms with van der Waals surface area (Å²) >= 11 is 7.11. The van der Waals surface area contributed by atoms with E-state index in [0.29, 0.717) is 12.1 Å². The number of nitrogens with one attached hydrogen (secondary N) is 1. The third-order valence-corrected chi connectivity index (χ3v) is 4.55. The second-order valence-corrected chi connectivity index (χ2v) is 6.84. The fraction of sp³-hybridized carbons (Fsp3) is 0.375. The summed E-state index contributed by atoms with van der Waals surface area (Å²) in [5, 5.41) is 3.63. The van der Waals surface area contributed by atoms with Gasteiger partial charge in [-0.1, -0.05) is 37.9 Å². The Morgan fingerprint density at radius 2 is 2.00 bits per heavy atom. The molecule has 0 bridgehead atoms. The Kier molecular flexibility index (Phi) is 5.87. The number of hydrogen-bond donors (Lipinski definition) is 1. The SMILES string of the molecule is CC(CCc1ccco1)NC(C)c1ccc(Br)cc1Br. The molecule has 1 aromatic heterocycles. The monoisotopic (exact) mass is 399 g/mol. The van der Waals surface area contributed by atoms with Crippen LogP contribution in [0.3, 0.4) is 0 Å². The van der Waals surface area contributed by atoms with E-state index in [-0.39, 0.29) is 0 Å². The highest BCUT2D eigenvalue weighted by Crippen LogP contribution is 2.27. The van der Waals surface area contributed by atoms with Crippen molar-refractivity contribution < 1.29 is 4.42 Å². The predicted octanol–water partition coefficient (Wildman–Crippen LogP) is 5.48. The first-order valence-corrected chi connectivity index (χ1v) is 8.38. The van der Waals surface area contributed by atoms with Crippen LogP contribution in [0.5, 0.6) is 0 Å². The van der Waals surface area contributed by atoms with E-state index in [1.54, 1.807) is 6.26 Å². The zero-order chi connectivity index (χ0) is 14.5. The van der Waals surface area contributed by atoms with E-state index in [2.05, 4.69) is 69.2 Å². The van der Waals surface area contributed by atoms with Gasteiger partial charge in [-0.15, -0.1) is 0 Å². The molecule has 20 heavy (non-hydrogen) atoms. The van der Waals surface area contributed by atoms with Crippen molar-refractivity contribution in [2.75, 3.05) is 0 Å². The maximum Gasteiger partial charge on any atom is 0.103 e. The van der Waals surface area contributed by atoms with E-state index >= 15 is 0 Å². The smallest absolute Gasteiger partial charge is 0.103 e. The fourth-order valence-corrected chi connectivity index (χ4v) is 3.66. The molecular formula is C16H19Br2NO. The minimum Gasteiger partial charge on any atom is -0.469 e. The van der Waals surface area contributed by atoms with E-state index in [9.17, 15) is 0 Å². The van der Waals surface area contributed by atoms with Crippen LogP contribution in [0.15, 0.2) is 50.0 Å². The Hall–Kier alpha value is -0.580. The molecule has 0 amide bonds. The first-order valence-electron chi connectivity index (χ1n) is 6.79. The summed E-state index contributed by atoms with van der Waals surface area (Å²) in [5.41, 5.74) is 1.28. The largest absolute Gasteiger partial charge is 0.469 e. The highest BCUT2D eigenvalue weighted by atomic mass is 79.9. The molecule has 1 aromatic carbocycles. The maximum absolute atomic E-state index is 5.37. The van der Waals surface area contributed by atoms with Crippen LogP contribution in [-0.4, -0.2) is 6.04 Å². The summed E-state index contributed by atoms with van der Waals surface area (Å²) in [7, 11) is 0. The molecular weight excluding hydrogens is 382 g/mol.